The number of rotatable bonds is 7. The first-order chi connectivity index (χ1) is 15.2. The summed E-state index contributed by atoms with van der Waals surface area (Å²) in [6.07, 6.45) is -1.15. The molecule has 5 nitrogen and oxygen atoms in total. The monoisotopic (exact) mass is 530 g/mol. The Morgan fingerprint density at radius 2 is 1.72 bits per heavy atom. The molecule has 0 spiro atoms. The molecule has 1 atom stereocenters. The molecule has 0 unspecified atom stereocenters. The number of hydrogen-bond acceptors (Lipinski definition) is 5. The van der Waals surface area contributed by atoms with Gasteiger partial charge in [-0.3, -0.25) is 4.79 Å². The quantitative estimate of drug-likeness (QED) is 0.200. The molecule has 2 N–H and O–H groups in total. The first kappa shape index (κ1) is 24.7. The molecule has 32 heavy (non-hydrogen) atoms. The van der Waals surface area contributed by atoms with Gasteiger partial charge in [-0.15, -0.1) is 11.3 Å². The van der Waals surface area contributed by atoms with Crippen LogP contribution in [0.3, 0.4) is 0 Å². The fourth-order valence-electron chi connectivity index (χ4n) is 2.85. The Morgan fingerprint density at radius 1 is 1.06 bits per heavy atom. The van der Waals surface area contributed by atoms with E-state index in [1.54, 1.807) is 36.6 Å². The highest BCUT2D eigenvalue weighted by Gasteiger charge is 2.36. The third-order valence-corrected chi connectivity index (χ3v) is 6.16. The van der Waals surface area contributed by atoms with Crippen molar-refractivity contribution in [3.8, 4) is 11.1 Å². The maximum absolute atomic E-state index is 12.8. The van der Waals surface area contributed by atoms with Crippen LogP contribution in [0.5, 0.6) is 0 Å². The number of benzene rings is 2. The molecule has 1 amide bonds. The van der Waals surface area contributed by atoms with E-state index in [4.69, 9.17) is 51.1 Å². The summed E-state index contributed by atoms with van der Waals surface area (Å²) >= 11 is 25.5. The third kappa shape index (κ3) is 6.09. The van der Waals surface area contributed by atoms with Crippen molar-refractivity contribution in [2.24, 2.45) is 0 Å². The van der Waals surface area contributed by atoms with E-state index < -0.39 is 21.8 Å². The lowest BCUT2D eigenvalue weighted by molar-refractivity contribution is 0.0529. The number of ether oxygens (including phenoxy) is 1. The van der Waals surface area contributed by atoms with Gasteiger partial charge in [-0.2, -0.15) is 0 Å². The topological polar surface area (TPSA) is 67.4 Å². The van der Waals surface area contributed by atoms with E-state index in [1.165, 1.54) is 11.3 Å². The van der Waals surface area contributed by atoms with Crippen LogP contribution in [0.25, 0.3) is 11.1 Å². The zero-order valence-electron chi connectivity index (χ0n) is 16.7. The average Bonchev–Trinajstić information content (AvgIpc) is 3.17. The minimum Gasteiger partial charge on any atom is -0.462 e. The molecule has 0 saturated carbocycles. The minimum atomic E-state index is -1.93. The number of esters is 1. The number of anilines is 1. The van der Waals surface area contributed by atoms with E-state index in [0.29, 0.717) is 26.7 Å². The Balaban J connectivity index is 1.94. The molecule has 3 rings (SSSR count). The van der Waals surface area contributed by atoms with Gasteiger partial charge in [-0.1, -0.05) is 76.7 Å². The SMILES string of the molecule is CCOC(=O)c1c(-c2ccccc2)csc1N[C@@H](NC(=O)c1ccc(Cl)cc1)C(Cl)(Cl)Cl. The van der Waals surface area contributed by atoms with Gasteiger partial charge in [0.1, 0.15) is 16.7 Å². The summed E-state index contributed by atoms with van der Waals surface area (Å²) in [7, 11) is 0. The third-order valence-electron chi connectivity index (χ3n) is 4.34. The maximum atomic E-state index is 12.8. The molecule has 0 aliphatic rings. The average molecular weight is 532 g/mol. The molecule has 168 valence electrons. The summed E-state index contributed by atoms with van der Waals surface area (Å²) in [5, 5.41) is 8.34. The van der Waals surface area contributed by atoms with Crippen molar-refractivity contribution < 1.29 is 14.3 Å². The summed E-state index contributed by atoms with van der Waals surface area (Å²) < 4.78 is 3.32. The van der Waals surface area contributed by atoms with Gasteiger partial charge in [0.05, 0.1) is 6.61 Å². The summed E-state index contributed by atoms with van der Waals surface area (Å²) in [6.45, 7) is 1.92. The van der Waals surface area contributed by atoms with Crippen LogP contribution in [-0.4, -0.2) is 28.4 Å². The Morgan fingerprint density at radius 3 is 2.31 bits per heavy atom. The lowest BCUT2D eigenvalue weighted by atomic mass is 10.0. The molecule has 0 saturated heterocycles. The molecule has 1 aromatic heterocycles. The minimum absolute atomic E-state index is 0.198. The number of amides is 1. The smallest absolute Gasteiger partial charge is 0.341 e. The van der Waals surface area contributed by atoms with Crippen molar-refractivity contribution in [3.63, 3.8) is 0 Å². The van der Waals surface area contributed by atoms with Gasteiger partial charge >= 0.3 is 5.97 Å². The standard InChI is InChI=1S/C22H18Cl4N2O3S/c1-2-31-20(30)17-16(13-6-4-3-5-7-13)12-32-19(17)28-21(22(24,25)26)27-18(29)14-8-10-15(23)11-9-14/h3-12,21,28H,2H2,1H3,(H,27,29)/t21-/m1/s1. The number of halogens is 4. The molecule has 0 radical (unpaired) electrons. The second-order valence-corrected chi connectivity index (χ2v) is 10.2. The first-order valence-corrected chi connectivity index (χ1v) is 11.8. The van der Waals surface area contributed by atoms with Gasteiger partial charge < -0.3 is 15.4 Å². The largest absolute Gasteiger partial charge is 0.462 e. The summed E-state index contributed by atoms with van der Waals surface area (Å²) in [5.41, 5.74) is 2.12. The molecule has 3 aromatic rings. The van der Waals surface area contributed by atoms with Crippen LogP contribution in [0, 0.1) is 0 Å². The van der Waals surface area contributed by atoms with Crippen LogP contribution in [0.2, 0.25) is 5.02 Å². The van der Waals surface area contributed by atoms with Crippen molar-refractivity contribution >= 4 is 74.6 Å². The second kappa shape index (κ2) is 10.8. The molecule has 1 heterocycles. The Hall–Kier alpha value is -1.96. The molecular weight excluding hydrogens is 514 g/mol. The van der Waals surface area contributed by atoms with Gasteiger partial charge in [-0.05, 0) is 36.8 Å². The predicted molar refractivity (Wildman–Crippen MR) is 132 cm³/mol. The number of carbonyl (C=O) groups excluding carboxylic acids is 2. The van der Waals surface area contributed by atoms with Crippen molar-refractivity contribution in [2.75, 3.05) is 11.9 Å². The summed E-state index contributed by atoms with van der Waals surface area (Å²) in [6, 6.07) is 15.6. The van der Waals surface area contributed by atoms with Crippen LogP contribution in [0.4, 0.5) is 5.00 Å². The Bertz CT molecular complexity index is 1080. The number of alkyl halides is 3. The van der Waals surface area contributed by atoms with E-state index in [1.807, 2.05) is 30.3 Å². The summed E-state index contributed by atoms with van der Waals surface area (Å²) in [5.74, 6) is -1.01. The van der Waals surface area contributed by atoms with Crippen LogP contribution in [0.1, 0.15) is 27.6 Å². The fourth-order valence-corrected chi connectivity index (χ4v) is 4.29. The zero-order chi connectivity index (χ0) is 23.3. The highest BCUT2D eigenvalue weighted by Crippen LogP contribution is 2.39. The molecule has 0 aliphatic heterocycles. The van der Waals surface area contributed by atoms with E-state index in [9.17, 15) is 9.59 Å². The normalized spacial score (nSPS) is 12.2. The molecule has 0 bridgehead atoms. The van der Waals surface area contributed by atoms with E-state index in [2.05, 4.69) is 10.6 Å². The molecule has 0 aliphatic carbocycles. The Kier molecular flexibility index (Phi) is 8.31. The van der Waals surface area contributed by atoms with Gasteiger partial charge in [0.15, 0.2) is 0 Å². The van der Waals surface area contributed by atoms with Crippen LogP contribution >= 0.6 is 57.7 Å². The highest BCUT2D eigenvalue weighted by molar-refractivity contribution is 7.15. The molecule has 10 heteroatoms. The second-order valence-electron chi connectivity index (χ2n) is 6.54. The van der Waals surface area contributed by atoms with Gasteiger partial charge in [-0.25, -0.2) is 4.79 Å². The van der Waals surface area contributed by atoms with Crippen molar-refractivity contribution in [3.05, 3.63) is 76.1 Å². The summed E-state index contributed by atoms with van der Waals surface area (Å²) in [4.78, 5) is 25.5. The van der Waals surface area contributed by atoms with Gasteiger partial charge in [0, 0.05) is 21.5 Å². The zero-order valence-corrected chi connectivity index (χ0v) is 20.5. The Labute approximate surface area is 209 Å². The van der Waals surface area contributed by atoms with Crippen molar-refractivity contribution in [1.82, 2.24) is 5.32 Å². The van der Waals surface area contributed by atoms with Gasteiger partial charge in [0.2, 0.25) is 3.79 Å². The fraction of sp³-hybridized carbons (Fsp3) is 0.182. The van der Waals surface area contributed by atoms with Crippen LogP contribution in [-0.2, 0) is 4.74 Å². The number of thiophene rings is 1. The number of nitrogens with one attached hydrogen (secondary N) is 2. The molecule has 0 fully saturated rings. The van der Waals surface area contributed by atoms with Crippen molar-refractivity contribution in [2.45, 2.75) is 16.9 Å². The lowest BCUT2D eigenvalue weighted by Gasteiger charge is -2.27. The maximum Gasteiger partial charge on any atom is 0.341 e. The van der Waals surface area contributed by atoms with E-state index >= 15 is 0 Å². The van der Waals surface area contributed by atoms with Crippen LogP contribution < -0.4 is 10.6 Å². The first-order valence-electron chi connectivity index (χ1n) is 9.44. The highest BCUT2D eigenvalue weighted by atomic mass is 35.6. The van der Waals surface area contributed by atoms with Crippen molar-refractivity contribution in [1.29, 1.82) is 0 Å². The number of hydrogen-bond donors (Lipinski definition) is 2. The van der Waals surface area contributed by atoms with E-state index in [-0.39, 0.29) is 6.61 Å². The molecule has 2 aromatic carbocycles. The van der Waals surface area contributed by atoms with Gasteiger partial charge in [0.25, 0.3) is 5.91 Å². The molecular formula is C22H18Cl4N2O3S. The van der Waals surface area contributed by atoms with E-state index in [0.717, 1.165) is 5.56 Å². The number of carbonyl (C=O) groups is 2. The van der Waals surface area contributed by atoms with Crippen LogP contribution in [0.15, 0.2) is 60.0 Å². The lowest BCUT2D eigenvalue weighted by Crippen LogP contribution is -2.49. The predicted octanol–water partition coefficient (Wildman–Crippen LogP) is 6.78.